The van der Waals surface area contributed by atoms with Crippen molar-refractivity contribution < 1.29 is 23.4 Å². The third-order valence-corrected chi connectivity index (χ3v) is 7.92. The number of ether oxygens (including phenoxy) is 3. The molecule has 1 aliphatic rings. The molecule has 0 saturated carbocycles. The van der Waals surface area contributed by atoms with Gasteiger partial charge in [-0.3, -0.25) is 4.79 Å². The largest absolute Gasteiger partial charge is 0.493 e. The predicted octanol–water partition coefficient (Wildman–Crippen LogP) is 6.20. The molecule has 192 valence electrons. The van der Waals surface area contributed by atoms with Crippen LogP contribution in [-0.4, -0.2) is 33.5 Å². The first kappa shape index (κ1) is 25.8. The van der Waals surface area contributed by atoms with Gasteiger partial charge in [0.25, 0.3) is 5.91 Å². The highest BCUT2D eigenvalue weighted by Gasteiger charge is 2.33. The highest BCUT2D eigenvalue weighted by atomic mass is 32.1. The smallest absolute Gasteiger partial charge is 0.255 e. The van der Waals surface area contributed by atoms with Crippen LogP contribution in [0.25, 0.3) is 0 Å². The van der Waals surface area contributed by atoms with E-state index < -0.39 is 0 Å². The van der Waals surface area contributed by atoms with Gasteiger partial charge in [0.2, 0.25) is 5.75 Å². The lowest BCUT2D eigenvalue weighted by atomic mass is 9.72. The number of carbonyl (C=O) groups excluding carboxylic acids is 1. The minimum atomic E-state index is -0.135. The summed E-state index contributed by atoms with van der Waals surface area (Å²) in [5.41, 5.74) is 2.71. The molecule has 7 nitrogen and oxygen atoms in total. The maximum atomic E-state index is 13.4. The van der Waals surface area contributed by atoms with Gasteiger partial charge < -0.3 is 23.9 Å². The molecule has 0 bridgehead atoms. The van der Waals surface area contributed by atoms with Crippen LogP contribution in [0.15, 0.2) is 39.9 Å². The highest BCUT2D eigenvalue weighted by Crippen LogP contribution is 2.45. The van der Waals surface area contributed by atoms with Gasteiger partial charge in [0.05, 0.1) is 39.7 Å². The number of benzene rings is 1. The molecule has 1 aromatic carbocycles. The van der Waals surface area contributed by atoms with Crippen molar-refractivity contribution in [2.45, 2.75) is 46.6 Å². The Morgan fingerprint density at radius 2 is 1.94 bits per heavy atom. The van der Waals surface area contributed by atoms with Crippen LogP contribution in [0.3, 0.4) is 0 Å². The van der Waals surface area contributed by atoms with Crippen LogP contribution in [0.1, 0.15) is 59.3 Å². The molecule has 0 spiro atoms. The molecule has 3 aromatic rings. The van der Waals surface area contributed by atoms with Crippen molar-refractivity contribution in [3.05, 3.63) is 57.9 Å². The van der Waals surface area contributed by atoms with Gasteiger partial charge >= 0.3 is 0 Å². The lowest BCUT2D eigenvalue weighted by Gasteiger charge is -2.33. The third-order valence-electron chi connectivity index (χ3n) is 6.76. The van der Waals surface area contributed by atoms with Gasteiger partial charge in [0.1, 0.15) is 10.8 Å². The zero-order chi connectivity index (χ0) is 25.9. The van der Waals surface area contributed by atoms with Gasteiger partial charge in [-0.25, -0.2) is 4.99 Å². The topological polar surface area (TPSA) is 82.3 Å². The molecule has 0 radical (unpaired) electrons. The number of hydrogen-bond donors (Lipinski definition) is 1. The standard InChI is InChI=1S/C28H34N2O5S/c1-28(2,3)18-10-11-20-22(14-18)36-27(23(20)26(31)29-16-19-8-7-13-35-19)30-15-17-9-12-21(32-4)25(34-6)24(17)33-5/h7-9,12-13,15,18H,10-11,14,16H2,1-6H3,(H,29,31)/t18-/m1/s1. The summed E-state index contributed by atoms with van der Waals surface area (Å²) in [5, 5.41) is 3.71. The van der Waals surface area contributed by atoms with Gasteiger partial charge in [-0.05, 0) is 60.4 Å². The average molecular weight is 511 g/mol. The molecule has 1 N–H and O–H groups in total. The summed E-state index contributed by atoms with van der Waals surface area (Å²) in [7, 11) is 4.74. The summed E-state index contributed by atoms with van der Waals surface area (Å²) in [6.07, 6.45) is 6.21. The zero-order valence-corrected chi connectivity index (χ0v) is 22.6. The van der Waals surface area contributed by atoms with Crippen molar-refractivity contribution in [3.63, 3.8) is 0 Å². The maximum Gasteiger partial charge on any atom is 0.255 e. The van der Waals surface area contributed by atoms with Gasteiger partial charge in [-0.2, -0.15) is 0 Å². The second kappa shape index (κ2) is 10.8. The molecule has 1 aliphatic carbocycles. The Kier molecular flexibility index (Phi) is 7.73. The average Bonchev–Trinajstić information content (AvgIpc) is 3.51. The van der Waals surface area contributed by atoms with Crippen LogP contribution in [-0.2, 0) is 19.4 Å². The van der Waals surface area contributed by atoms with Crippen molar-refractivity contribution in [1.82, 2.24) is 5.32 Å². The number of carbonyl (C=O) groups is 1. The van der Waals surface area contributed by atoms with E-state index >= 15 is 0 Å². The Labute approximate surface area is 216 Å². The Morgan fingerprint density at radius 1 is 1.17 bits per heavy atom. The van der Waals surface area contributed by atoms with Gasteiger partial charge in [-0.15, -0.1) is 11.3 Å². The molecule has 0 fully saturated rings. The van der Waals surface area contributed by atoms with Crippen LogP contribution in [0.4, 0.5) is 5.00 Å². The summed E-state index contributed by atoms with van der Waals surface area (Å²) in [6.45, 7) is 7.19. The van der Waals surface area contributed by atoms with E-state index in [1.54, 1.807) is 45.1 Å². The summed E-state index contributed by atoms with van der Waals surface area (Å²) in [6, 6.07) is 7.34. The summed E-state index contributed by atoms with van der Waals surface area (Å²) in [5.74, 6) is 2.73. The summed E-state index contributed by atoms with van der Waals surface area (Å²) < 4.78 is 21.9. The third kappa shape index (κ3) is 5.28. The van der Waals surface area contributed by atoms with Crippen molar-refractivity contribution >= 4 is 28.5 Å². The van der Waals surface area contributed by atoms with E-state index in [1.165, 1.54) is 4.88 Å². The van der Waals surface area contributed by atoms with Crippen LogP contribution in [0.5, 0.6) is 17.2 Å². The lowest BCUT2D eigenvalue weighted by Crippen LogP contribution is -2.28. The quantitative estimate of drug-likeness (QED) is 0.365. The highest BCUT2D eigenvalue weighted by molar-refractivity contribution is 7.16. The molecule has 2 heterocycles. The fourth-order valence-corrected chi connectivity index (χ4v) is 5.93. The maximum absolute atomic E-state index is 13.4. The minimum absolute atomic E-state index is 0.135. The SMILES string of the molecule is COc1ccc(C=Nc2sc3c(c2C(=O)NCc2ccco2)CC[C@@H](C(C)(C)C)C3)c(OC)c1OC. The molecule has 8 heteroatoms. The van der Waals surface area contributed by atoms with E-state index in [0.29, 0.717) is 46.0 Å². The number of hydrogen-bond acceptors (Lipinski definition) is 7. The summed E-state index contributed by atoms with van der Waals surface area (Å²) in [4.78, 5) is 19.5. The first-order chi connectivity index (χ1) is 17.3. The van der Waals surface area contributed by atoms with Gasteiger partial charge in [0, 0.05) is 16.7 Å². The van der Waals surface area contributed by atoms with E-state index in [-0.39, 0.29) is 11.3 Å². The van der Waals surface area contributed by atoms with Gasteiger partial charge in [-0.1, -0.05) is 20.8 Å². The number of furan rings is 1. The van der Waals surface area contributed by atoms with Crippen molar-refractivity contribution in [2.24, 2.45) is 16.3 Å². The Morgan fingerprint density at radius 3 is 2.58 bits per heavy atom. The molecule has 4 rings (SSSR count). The van der Waals surface area contributed by atoms with Crippen molar-refractivity contribution in [2.75, 3.05) is 21.3 Å². The number of nitrogens with one attached hydrogen (secondary N) is 1. The first-order valence-electron chi connectivity index (χ1n) is 12.0. The molecule has 36 heavy (non-hydrogen) atoms. The normalized spacial score (nSPS) is 15.6. The Balaban J connectivity index is 1.71. The number of methoxy groups -OCH3 is 3. The first-order valence-corrected chi connectivity index (χ1v) is 12.9. The fraction of sp³-hybridized carbons (Fsp3) is 0.429. The molecule has 2 aromatic heterocycles. The minimum Gasteiger partial charge on any atom is -0.493 e. The molecular formula is C28H34N2O5S. The van der Waals surface area contributed by atoms with E-state index in [9.17, 15) is 4.79 Å². The number of nitrogens with zero attached hydrogens (tertiary/aromatic N) is 1. The number of amides is 1. The lowest BCUT2D eigenvalue weighted by molar-refractivity contribution is 0.0947. The van der Waals surface area contributed by atoms with Crippen LogP contribution >= 0.6 is 11.3 Å². The molecule has 0 saturated heterocycles. The predicted molar refractivity (Wildman–Crippen MR) is 143 cm³/mol. The monoisotopic (exact) mass is 510 g/mol. The van der Waals surface area contributed by atoms with E-state index in [4.69, 9.17) is 23.6 Å². The second-order valence-corrected chi connectivity index (χ2v) is 11.0. The van der Waals surface area contributed by atoms with E-state index in [0.717, 1.165) is 30.4 Å². The molecule has 1 amide bonds. The number of aliphatic imine (C=N–C) groups is 1. The van der Waals surface area contributed by atoms with Crippen LogP contribution in [0.2, 0.25) is 0 Å². The van der Waals surface area contributed by atoms with E-state index in [1.807, 2.05) is 24.3 Å². The molecule has 1 atom stereocenters. The number of fused-ring (bicyclic) bond motifs is 1. The number of rotatable bonds is 8. The van der Waals surface area contributed by atoms with Crippen LogP contribution in [0, 0.1) is 11.3 Å². The van der Waals surface area contributed by atoms with Crippen molar-refractivity contribution in [3.8, 4) is 17.2 Å². The van der Waals surface area contributed by atoms with E-state index in [2.05, 4.69) is 26.1 Å². The Hall–Kier alpha value is -3.26. The van der Waals surface area contributed by atoms with Gasteiger partial charge in [0.15, 0.2) is 11.5 Å². The van der Waals surface area contributed by atoms with Crippen LogP contribution < -0.4 is 19.5 Å². The number of thiophene rings is 1. The zero-order valence-electron chi connectivity index (χ0n) is 21.8. The second-order valence-electron chi connectivity index (χ2n) is 9.93. The fourth-order valence-electron chi connectivity index (χ4n) is 4.66. The molecular weight excluding hydrogens is 476 g/mol. The summed E-state index contributed by atoms with van der Waals surface area (Å²) >= 11 is 1.60. The molecule has 0 unspecified atom stereocenters. The van der Waals surface area contributed by atoms with Crippen molar-refractivity contribution in [1.29, 1.82) is 0 Å². The Bertz CT molecular complexity index is 1240. The molecule has 0 aliphatic heterocycles.